The second-order valence-corrected chi connectivity index (χ2v) is 10.8. The minimum absolute atomic E-state index is 0.140. The van der Waals surface area contributed by atoms with Crippen molar-refractivity contribution in [2.24, 2.45) is 0 Å². The Kier molecular flexibility index (Phi) is 10.6. The van der Waals surface area contributed by atoms with Crippen LogP contribution >= 0.6 is 31.9 Å². The Hall–Kier alpha value is -1.96. The van der Waals surface area contributed by atoms with E-state index >= 15 is 0 Å². The fourth-order valence-corrected chi connectivity index (χ4v) is 4.96. The van der Waals surface area contributed by atoms with E-state index in [1.807, 2.05) is 24.3 Å². The van der Waals surface area contributed by atoms with Gasteiger partial charge >= 0.3 is 0 Å². The lowest BCUT2D eigenvalue weighted by Crippen LogP contribution is -2.34. The van der Waals surface area contributed by atoms with Crippen LogP contribution in [0.25, 0.3) is 5.76 Å². The van der Waals surface area contributed by atoms with E-state index in [0.29, 0.717) is 12.1 Å². The fraction of sp³-hybridized carbons (Fsp3) is 0.429. The lowest BCUT2D eigenvalue weighted by Gasteiger charge is -2.27. The third-order valence-electron chi connectivity index (χ3n) is 6.37. The van der Waals surface area contributed by atoms with Gasteiger partial charge in [-0.1, -0.05) is 82.8 Å². The molecule has 1 N–H and O–H groups in total. The molecule has 5 nitrogen and oxygen atoms in total. The van der Waals surface area contributed by atoms with Gasteiger partial charge in [-0.25, -0.2) is 0 Å². The highest BCUT2D eigenvalue weighted by Gasteiger charge is 2.45. The van der Waals surface area contributed by atoms with Crippen molar-refractivity contribution in [1.29, 1.82) is 0 Å². The number of carbonyl (C=O) groups excluding carboxylic acids is 2. The van der Waals surface area contributed by atoms with E-state index in [9.17, 15) is 14.7 Å². The predicted octanol–water partition coefficient (Wildman–Crippen LogP) is 6.93. The monoisotopic (exact) mass is 604 g/mol. The number of halogens is 2. The number of rotatable bonds is 12. The average Bonchev–Trinajstić information content (AvgIpc) is 3.10. The topological polar surface area (TPSA) is 60.9 Å². The number of benzene rings is 2. The van der Waals surface area contributed by atoms with E-state index in [0.717, 1.165) is 66.2 Å². The lowest BCUT2D eigenvalue weighted by molar-refractivity contribution is -0.140. The maximum atomic E-state index is 13.2. The average molecular weight is 606 g/mol. The molecule has 0 unspecified atom stereocenters. The van der Waals surface area contributed by atoms with Crippen LogP contribution < -0.4 is 0 Å². The van der Waals surface area contributed by atoms with Gasteiger partial charge in [0.1, 0.15) is 5.76 Å². The zero-order valence-electron chi connectivity index (χ0n) is 20.5. The molecule has 1 saturated heterocycles. The molecule has 7 heteroatoms. The molecule has 188 valence electrons. The van der Waals surface area contributed by atoms with Gasteiger partial charge in [-0.15, -0.1) is 0 Å². The molecule has 0 aromatic heterocycles. The minimum Gasteiger partial charge on any atom is -0.507 e. The zero-order chi connectivity index (χ0) is 25.4. The summed E-state index contributed by atoms with van der Waals surface area (Å²) in [5.74, 6) is -1.32. The number of aliphatic hydroxyl groups is 1. The summed E-state index contributed by atoms with van der Waals surface area (Å²) in [5, 5.41) is 11.2. The molecule has 1 heterocycles. The first-order chi connectivity index (χ1) is 16.9. The van der Waals surface area contributed by atoms with E-state index < -0.39 is 17.7 Å². The Bertz CT molecular complexity index is 1030. The SMILES string of the molecule is CCCCN(CCCC)CCCN1C(=O)C(=O)C(=C(O)c2ccc(Br)cc2)[C@H]1c1ccc(Br)cc1. The van der Waals surface area contributed by atoms with E-state index in [-0.39, 0.29) is 11.3 Å². The van der Waals surface area contributed by atoms with Gasteiger partial charge in [-0.3, -0.25) is 9.59 Å². The molecule has 0 radical (unpaired) electrons. The van der Waals surface area contributed by atoms with Gasteiger partial charge in [-0.2, -0.15) is 0 Å². The largest absolute Gasteiger partial charge is 0.507 e. The normalized spacial score (nSPS) is 17.5. The Labute approximate surface area is 225 Å². The third-order valence-corrected chi connectivity index (χ3v) is 7.43. The Morgan fingerprint density at radius 3 is 1.91 bits per heavy atom. The van der Waals surface area contributed by atoms with Gasteiger partial charge < -0.3 is 14.9 Å². The quantitative estimate of drug-likeness (QED) is 0.162. The van der Waals surface area contributed by atoms with Crippen molar-refractivity contribution in [1.82, 2.24) is 9.80 Å². The molecule has 0 bridgehead atoms. The standard InChI is InChI=1S/C28H34Br2N2O3/c1-3-5-16-31(17-6-4-2)18-7-19-32-25(20-8-12-22(29)13-9-20)24(27(34)28(32)35)26(33)21-10-14-23(30)15-11-21/h8-15,25,33H,3-7,16-19H2,1-2H3/t25-/m1/s1. The van der Waals surface area contributed by atoms with Gasteiger partial charge in [0, 0.05) is 21.1 Å². The molecular formula is C28H34Br2N2O3. The van der Waals surface area contributed by atoms with Crippen LogP contribution in [-0.4, -0.2) is 52.8 Å². The number of ketones is 1. The summed E-state index contributed by atoms with van der Waals surface area (Å²) in [7, 11) is 0. The number of aliphatic hydroxyl groups excluding tert-OH is 1. The maximum Gasteiger partial charge on any atom is 0.295 e. The number of hydrogen-bond acceptors (Lipinski definition) is 4. The molecule has 1 aliphatic rings. The van der Waals surface area contributed by atoms with Crippen molar-refractivity contribution in [3.63, 3.8) is 0 Å². The van der Waals surface area contributed by atoms with Crippen LogP contribution in [-0.2, 0) is 9.59 Å². The summed E-state index contributed by atoms with van der Waals surface area (Å²) in [4.78, 5) is 30.5. The number of hydrogen-bond donors (Lipinski definition) is 1. The molecule has 1 amide bonds. The van der Waals surface area contributed by atoms with Crippen molar-refractivity contribution in [2.75, 3.05) is 26.2 Å². The summed E-state index contributed by atoms with van der Waals surface area (Å²) in [5.41, 5.74) is 1.46. The van der Waals surface area contributed by atoms with Crippen LogP contribution in [0.1, 0.15) is 63.1 Å². The second-order valence-electron chi connectivity index (χ2n) is 8.95. The molecule has 0 spiro atoms. The Balaban J connectivity index is 1.90. The first-order valence-corrected chi connectivity index (χ1v) is 14.0. The molecule has 2 aromatic rings. The predicted molar refractivity (Wildman–Crippen MR) is 148 cm³/mol. The molecule has 0 aliphatic carbocycles. The Morgan fingerprint density at radius 1 is 0.857 bits per heavy atom. The van der Waals surface area contributed by atoms with Crippen LogP contribution in [0.5, 0.6) is 0 Å². The highest BCUT2D eigenvalue weighted by Crippen LogP contribution is 2.39. The number of unbranched alkanes of at least 4 members (excludes halogenated alkanes) is 2. The lowest BCUT2D eigenvalue weighted by atomic mass is 9.95. The number of amides is 1. The summed E-state index contributed by atoms with van der Waals surface area (Å²) in [6, 6.07) is 14.1. The Morgan fingerprint density at radius 2 is 1.37 bits per heavy atom. The smallest absolute Gasteiger partial charge is 0.295 e. The van der Waals surface area contributed by atoms with Crippen molar-refractivity contribution in [3.8, 4) is 0 Å². The van der Waals surface area contributed by atoms with Gasteiger partial charge in [0.2, 0.25) is 0 Å². The molecule has 2 aromatic carbocycles. The molecule has 3 rings (SSSR count). The summed E-state index contributed by atoms with van der Waals surface area (Å²) >= 11 is 6.86. The van der Waals surface area contributed by atoms with Crippen molar-refractivity contribution in [2.45, 2.75) is 52.0 Å². The van der Waals surface area contributed by atoms with Crippen LogP contribution in [0.4, 0.5) is 0 Å². The van der Waals surface area contributed by atoms with Crippen LogP contribution in [0, 0.1) is 0 Å². The number of likely N-dealkylation sites (tertiary alicyclic amines) is 1. The molecule has 0 saturated carbocycles. The summed E-state index contributed by atoms with van der Waals surface area (Å²) in [6.45, 7) is 7.83. The zero-order valence-corrected chi connectivity index (χ0v) is 23.6. The van der Waals surface area contributed by atoms with Crippen LogP contribution in [0.2, 0.25) is 0 Å². The number of Topliss-reactive ketones (excluding diaryl/α,β-unsaturated/α-hetero) is 1. The van der Waals surface area contributed by atoms with Gasteiger partial charge in [0.15, 0.2) is 0 Å². The highest BCUT2D eigenvalue weighted by atomic mass is 79.9. The molecule has 35 heavy (non-hydrogen) atoms. The van der Waals surface area contributed by atoms with Crippen molar-refractivity contribution in [3.05, 3.63) is 74.2 Å². The maximum absolute atomic E-state index is 13.2. The van der Waals surface area contributed by atoms with E-state index in [1.54, 1.807) is 29.2 Å². The summed E-state index contributed by atoms with van der Waals surface area (Å²) in [6.07, 6.45) is 5.38. The number of nitrogens with zero attached hydrogens (tertiary/aromatic N) is 2. The van der Waals surface area contributed by atoms with Crippen molar-refractivity contribution >= 4 is 49.3 Å². The molecular weight excluding hydrogens is 572 g/mol. The van der Waals surface area contributed by atoms with E-state index in [2.05, 4.69) is 50.6 Å². The van der Waals surface area contributed by atoms with Crippen LogP contribution in [0.15, 0.2) is 63.0 Å². The highest BCUT2D eigenvalue weighted by molar-refractivity contribution is 9.10. The summed E-state index contributed by atoms with van der Waals surface area (Å²) < 4.78 is 1.78. The van der Waals surface area contributed by atoms with Crippen LogP contribution in [0.3, 0.4) is 0 Å². The fourth-order valence-electron chi connectivity index (χ4n) is 4.43. The minimum atomic E-state index is -0.632. The van der Waals surface area contributed by atoms with Gasteiger partial charge in [-0.05, 0) is 68.7 Å². The van der Waals surface area contributed by atoms with Gasteiger partial charge in [0.25, 0.3) is 11.7 Å². The molecule has 1 aliphatic heterocycles. The molecule has 1 atom stereocenters. The van der Waals surface area contributed by atoms with Crippen molar-refractivity contribution < 1.29 is 14.7 Å². The van der Waals surface area contributed by atoms with E-state index in [4.69, 9.17) is 0 Å². The number of carbonyl (C=O) groups is 2. The molecule has 1 fully saturated rings. The first-order valence-electron chi connectivity index (χ1n) is 12.4. The van der Waals surface area contributed by atoms with Gasteiger partial charge in [0.05, 0.1) is 11.6 Å². The first kappa shape index (κ1) is 27.6. The van der Waals surface area contributed by atoms with E-state index in [1.165, 1.54) is 0 Å². The third kappa shape index (κ3) is 7.05. The second kappa shape index (κ2) is 13.4.